The van der Waals surface area contributed by atoms with Crippen molar-refractivity contribution < 1.29 is 8.83 Å². The highest BCUT2D eigenvalue weighted by Gasteiger charge is 2.38. The van der Waals surface area contributed by atoms with Crippen LogP contribution in [0.3, 0.4) is 0 Å². The fraction of sp³-hybridized carbons (Fsp3) is 0.105. The highest BCUT2D eigenvalue weighted by atomic mass is 16.3. The van der Waals surface area contributed by atoms with Crippen molar-refractivity contribution in [1.29, 1.82) is 0 Å². The predicted molar refractivity (Wildman–Crippen MR) is 255 cm³/mol. The Hall–Kier alpha value is -7.63. The van der Waals surface area contributed by atoms with Gasteiger partial charge in [0.15, 0.2) is 17.5 Å². The van der Waals surface area contributed by atoms with Crippen LogP contribution in [0.1, 0.15) is 43.7 Å². The predicted octanol–water partition coefficient (Wildman–Crippen LogP) is 15.4. The molecule has 0 radical (unpaired) electrons. The van der Waals surface area contributed by atoms with Crippen molar-refractivity contribution in [2.75, 3.05) is 0 Å². The van der Waals surface area contributed by atoms with E-state index in [9.17, 15) is 0 Å². The Bertz CT molecular complexity index is 3370. The molecule has 5 nitrogen and oxygen atoms in total. The van der Waals surface area contributed by atoms with Gasteiger partial charge in [-0.25, -0.2) is 15.0 Å². The standard InChI is InChI=1S/C57H43N3O2/c1-3-4-15-35-57(2)36-41(38-19-9-6-10-20-38)31-34-47(57)42-32-33-46(52-44-22-12-14-25-49(44)62-53(42)52)56-59-54(40-29-27-39(28-30-40)37-17-7-5-8-18-37)58-55(60-56)45-23-16-26-50-51(45)43-21-11-13-24-48(43)61-50/h3-33,35,47H,34,36H2,1-2H3/b4-3-,35-15-. The summed E-state index contributed by atoms with van der Waals surface area (Å²) in [7, 11) is 0. The van der Waals surface area contributed by atoms with E-state index in [1.807, 2.05) is 42.5 Å². The van der Waals surface area contributed by atoms with Crippen LogP contribution in [0.2, 0.25) is 0 Å². The highest BCUT2D eigenvalue weighted by molar-refractivity contribution is 6.14. The molecule has 0 spiro atoms. The van der Waals surface area contributed by atoms with Gasteiger partial charge in [-0.2, -0.15) is 0 Å². The van der Waals surface area contributed by atoms with Crippen molar-refractivity contribution in [3.8, 4) is 45.3 Å². The van der Waals surface area contributed by atoms with Crippen LogP contribution in [-0.4, -0.2) is 15.0 Å². The lowest BCUT2D eigenvalue weighted by atomic mass is 9.64. The average molecular weight is 802 g/mol. The number of furan rings is 2. The Morgan fingerprint density at radius 1 is 0.516 bits per heavy atom. The number of hydrogen-bond donors (Lipinski definition) is 0. The molecule has 0 amide bonds. The number of rotatable bonds is 8. The lowest BCUT2D eigenvalue weighted by molar-refractivity contribution is 0.332. The number of aromatic nitrogens is 3. The second kappa shape index (κ2) is 15.4. The monoisotopic (exact) mass is 801 g/mol. The van der Waals surface area contributed by atoms with Crippen molar-refractivity contribution in [1.82, 2.24) is 15.0 Å². The van der Waals surface area contributed by atoms with Crippen LogP contribution in [0.5, 0.6) is 0 Å². The van der Waals surface area contributed by atoms with E-state index in [2.05, 4.69) is 166 Å². The average Bonchev–Trinajstić information content (AvgIpc) is 3.91. The first-order valence-electron chi connectivity index (χ1n) is 21.4. The molecule has 298 valence electrons. The molecule has 62 heavy (non-hydrogen) atoms. The molecular weight excluding hydrogens is 759 g/mol. The molecule has 0 aliphatic heterocycles. The van der Waals surface area contributed by atoms with Crippen molar-refractivity contribution in [3.05, 3.63) is 205 Å². The third kappa shape index (κ3) is 6.54. The maximum atomic E-state index is 6.97. The molecule has 3 heterocycles. The summed E-state index contributed by atoms with van der Waals surface area (Å²) < 4.78 is 13.3. The van der Waals surface area contributed by atoms with E-state index in [1.165, 1.54) is 16.7 Å². The molecule has 5 heteroatoms. The van der Waals surface area contributed by atoms with Crippen molar-refractivity contribution >= 4 is 49.5 Å². The smallest absolute Gasteiger partial charge is 0.164 e. The lowest BCUT2D eigenvalue weighted by Gasteiger charge is -2.40. The molecule has 0 N–H and O–H groups in total. The van der Waals surface area contributed by atoms with Crippen molar-refractivity contribution in [3.63, 3.8) is 0 Å². The second-order valence-corrected chi connectivity index (χ2v) is 16.5. The van der Waals surface area contributed by atoms with Gasteiger partial charge in [0.05, 0.1) is 0 Å². The van der Waals surface area contributed by atoms with E-state index in [0.717, 1.165) is 84.5 Å². The third-order valence-corrected chi connectivity index (χ3v) is 12.6. The number of para-hydroxylation sites is 2. The largest absolute Gasteiger partial charge is 0.456 e. The van der Waals surface area contributed by atoms with Gasteiger partial charge in [-0.3, -0.25) is 0 Å². The van der Waals surface area contributed by atoms with Crippen molar-refractivity contribution in [2.45, 2.75) is 32.6 Å². The molecule has 0 saturated carbocycles. The summed E-state index contributed by atoms with van der Waals surface area (Å²) in [5, 5.41) is 4.03. The van der Waals surface area contributed by atoms with Crippen LogP contribution in [0, 0.1) is 5.41 Å². The SMILES string of the molecule is C/C=C\C=C/C1(C)CC(c2ccccc2)=CCC1c1ccc(-c2nc(-c3ccc(-c4ccccc4)cc3)nc(-c3cccc4oc5ccccc5c34)n2)c2c1oc1ccccc12. The van der Waals surface area contributed by atoms with Gasteiger partial charge in [0.1, 0.15) is 22.3 Å². The number of benzene rings is 7. The van der Waals surface area contributed by atoms with Gasteiger partial charge in [-0.05, 0) is 77.3 Å². The molecule has 1 aliphatic rings. The van der Waals surface area contributed by atoms with Crippen LogP contribution < -0.4 is 0 Å². The van der Waals surface area contributed by atoms with E-state index in [0.29, 0.717) is 17.5 Å². The molecule has 0 saturated heterocycles. The quantitative estimate of drug-likeness (QED) is 0.143. The van der Waals surface area contributed by atoms with Gasteiger partial charge in [0.2, 0.25) is 0 Å². The van der Waals surface area contributed by atoms with Crippen LogP contribution in [-0.2, 0) is 0 Å². The summed E-state index contributed by atoms with van der Waals surface area (Å²) in [6.45, 7) is 4.45. The number of hydrogen-bond acceptors (Lipinski definition) is 5. The minimum Gasteiger partial charge on any atom is -0.456 e. The summed E-state index contributed by atoms with van der Waals surface area (Å²) in [6.07, 6.45) is 13.0. The second-order valence-electron chi connectivity index (χ2n) is 16.5. The van der Waals surface area contributed by atoms with E-state index >= 15 is 0 Å². The van der Waals surface area contributed by atoms with Crippen LogP contribution in [0.25, 0.3) is 94.7 Å². The number of allylic oxidation sites excluding steroid dienone is 6. The molecular formula is C57H43N3O2. The van der Waals surface area contributed by atoms with Crippen LogP contribution in [0.4, 0.5) is 0 Å². The van der Waals surface area contributed by atoms with Gasteiger partial charge < -0.3 is 8.83 Å². The Balaban J connectivity index is 1.12. The molecule has 0 fully saturated rings. The zero-order valence-electron chi connectivity index (χ0n) is 34.6. The normalized spacial score (nSPS) is 16.9. The van der Waals surface area contributed by atoms with Gasteiger partial charge in [-0.1, -0.05) is 177 Å². The van der Waals surface area contributed by atoms with Gasteiger partial charge in [0, 0.05) is 44.2 Å². The Morgan fingerprint density at radius 2 is 1.10 bits per heavy atom. The van der Waals surface area contributed by atoms with E-state index in [-0.39, 0.29) is 11.3 Å². The van der Waals surface area contributed by atoms with Gasteiger partial charge in [-0.15, -0.1) is 0 Å². The summed E-state index contributed by atoms with van der Waals surface area (Å²) >= 11 is 0. The van der Waals surface area contributed by atoms with Gasteiger partial charge >= 0.3 is 0 Å². The van der Waals surface area contributed by atoms with Crippen LogP contribution in [0.15, 0.2) is 203 Å². The summed E-state index contributed by atoms with van der Waals surface area (Å²) in [5.74, 6) is 1.89. The summed E-state index contributed by atoms with van der Waals surface area (Å²) in [4.78, 5) is 15.9. The highest BCUT2D eigenvalue weighted by Crippen LogP contribution is 2.53. The summed E-state index contributed by atoms with van der Waals surface area (Å²) in [5.41, 5.74) is 11.9. The molecule has 11 rings (SSSR count). The Morgan fingerprint density at radius 3 is 1.82 bits per heavy atom. The Labute approximate surface area is 360 Å². The zero-order valence-corrected chi connectivity index (χ0v) is 34.6. The van der Waals surface area contributed by atoms with E-state index in [1.54, 1.807) is 0 Å². The molecule has 2 atom stereocenters. The maximum absolute atomic E-state index is 6.97. The molecule has 1 aliphatic carbocycles. The Kier molecular flexibility index (Phi) is 9.31. The number of fused-ring (bicyclic) bond motifs is 6. The third-order valence-electron chi connectivity index (χ3n) is 12.6. The first kappa shape index (κ1) is 37.4. The molecule has 10 aromatic rings. The zero-order chi connectivity index (χ0) is 41.6. The molecule has 7 aromatic carbocycles. The molecule has 3 aromatic heterocycles. The van der Waals surface area contributed by atoms with Crippen LogP contribution >= 0.6 is 0 Å². The topological polar surface area (TPSA) is 65.0 Å². The molecule has 2 unspecified atom stereocenters. The molecule has 0 bridgehead atoms. The van der Waals surface area contributed by atoms with E-state index in [4.69, 9.17) is 23.8 Å². The maximum Gasteiger partial charge on any atom is 0.164 e. The fourth-order valence-electron chi connectivity index (χ4n) is 9.51. The lowest BCUT2D eigenvalue weighted by Crippen LogP contribution is -2.27. The first-order chi connectivity index (χ1) is 30.5. The van der Waals surface area contributed by atoms with Crippen molar-refractivity contribution in [2.24, 2.45) is 5.41 Å². The van der Waals surface area contributed by atoms with E-state index < -0.39 is 0 Å². The minimum absolute atomic E-state index is 0.146. The first-order valence-corrected chi connectivity index (χ1v) is 21.4. The fourth-order valence-corrected chi connectivity index (χ4v) is 9.51. The minimum atomic E-state index is -0.196. The van der Waals surface area contributed by atoms with Gasteiger partial charge in [0.25, 0.3) is 0 Å². The summed E-state index contributed by atoms with van der Waals surface area (Å²) in [6, 6.07) is 56.7. The number of nitrogens with zero attached hydrogens (tertiary/aromatic N) is 3.